The highest BCUT2D eigenvalue weighted by atomic mass is 19.1. The number of halogens is 1. The van der Waals surface area contributed by atoms with Gasteiger partial charge in [-0.1, -0.05) is 32.9 Å². The molecule has 2 aromatic carbocycles. The van der Waals surface area contributed by atoms with E-state index in [-0.39, 0.29) is 30.1 Å². The van der Waals surface area contributed by atoms with E-state index in [1.807, 2.05) is 13.0 Å². The van der Waals surface area contributed by atoms with Gasteiger partial charge in [0.25, 0.3) is 0 Å². The Morgan fingerprint density at radius 1 is 1.06 bits per heavy atom. The van der Waals surface area contributed by atoms with Crippen molar-refractivity contribution >= 4 is 27.8 Å². The predicted octanol–water partition coefficient (Wildman–Crippen LogP) is 5.14. The third kappa shape index (κ3) is 4.10. The summed E-state index contributed by atoms with van der Waals surface area (Å²) >= 11 is 0. The van der Waals surface area contributed by atoms with Gasteiger partial charge in [-0.05, 0) is 41.7 Å². The van der Waals surface area contributed by atoms with Crippen LogP contribution in [-0.4, -0.2) is 5.91 Å². The second-order valence-corrected chi connectivity index (χ2v) is 8.82. The molecule has 0 aliphatic rings. The fourth-order valence-corrected chi connectivity index (χ4v) is 3.72. The third-order valence-electron chi connectivity index (χ3n) is 5.53. The summed E-state index contributed by atoms with van der Waals surface area (Å²) in [6.45, 7) is 8.40. The van der Waals surface area contributed by atoms with Gasteiger partial charge in [0.2, 0.25) is 5.91 Å². The summed E-state index contributed by atoms with van der Waals surface area (Å²) in [7, 11) is 0. The van der Waals surface area contributed by atoms with Crippen molar-refractivity contribution in [2.75, 3.05) is 0 Å². The van der Waals surface area contributed by atoms with Crippen LogP contribution in [0.1, 0.15) is 43.0 Å². The number of hydrogen-bond donors (Lipinski definition) is 1. The van der Waals surface area contributed by atoms with E-state index in [0.29, 0.717) is 22.3 Å². The molecule has 2 aromatic heterocycles. The molecule has 0 unspecified atom stereocenters. The standard InChI is InChI=1S/C25H24FNO4/c1-14-17-9-19-20(25(2,3)4)13-30-21(19)11-22(17)31-24(29)18(14)10-23(28)27-12-15-5-7-16(26)8-6-15/h5-9,11,13H,10,12H2,1-4H3,(H,27,28). The summed E-state index contributed by atoms with van der Waals surface area (Å²) in [5.74, 6) is -0.639. The van der Waals surface area contributed by atoms with Gasteiger partial charge in [0.1, 0.15) is 17.0 Å². The maximum atomic E-state index is 13.0. The predicted molar refractivity (Wildman–Crippen MR) is 118 cm³/mol. The first-order chi connectivity index (χ1) is 14.6. The lowest BCUT2D eigenvalue weighted by molar-refractivity contribution is -0.120. The van der Waals surface area contributed by atoms with Crippen molar-refractivity contribution in [2.24, 2.45) is 0 Å². The molecule has 4 rings (SSSR count). The smallest absolute Gasteiger partial charge is 0.340 e. The number of benzene rings is 2. The molecular formula is C25H24FNO4. The van der Waals surface area contributed by atoms with Gasteiger partial charge in [0, 0.05) is 28.9 Å². The molecule has 0 radical (unpaired) electrons. The van der Waals surface area contributed by atoms with Crippen LogP contribution in [0.3, 0.4) is 0 Å². The van der Waals surface area contributed by atoms with E-state index in [2.05, 4.69) is 26.1 Å². The molecule has 0 atom stereocenters. The number of fused-ring (bicyclic) bond motifs is 2. The van der Waals surface area contributed by atoms with Crippen LogP contribution in [0.15, 0.2) is 56.3 Å². The maximum Gasteiger partial charge on any atom is 0.340 e. The van der Waals surface area contributed by atoms with Crippen molar-refractivity contribution in [1.29, 1.82) is 0 Å². The molecule has 160 valence electrons. The molecule has 0 saturated carbocycles. The van der Waals surface area contributed by atoms with Crippen LogP contribution in [0.5, 0.6) is 0 Å². The largest absolute Gasteiger partial charge is 0.464 e. The lowest BCUT2D eigenvalue weighted by Crippen LogP contribution is -2.27. The van der Waals surface area contributed by atoms with E-state index in [4.69, 9.17) is 8.83 Å². The zero-order valence-electron chi connectivity index (χ0n) is 18.0. The van der Waals surface area contributed by atoms with Gasteiger partial charge in [0.05, 0.1) is 18.2 Å². The first kappa shape index (κ1) is 20.8. The highest BCUT2D eigenvalue weighted by Crippen LogP contribution is 2.35. The zero-order valence-corrected chi connectivity index (χ0v) is 18.0. The Morgan fingerprint density at radius 3 is 2.45 bits per heavy atom. The van der Waals surface area contributed by atoms with Gasteiger partial charge in [-0.2, -0.15) is 0 Å². The van der Waals surface area contributed by atoms with E-state index in [1.165, 1.54) is 12.1 Å². The van der Waals surface area contributed by atoms with Crippen LogP contribution >= 0.6 is 0 Å². The highest BCUT2D eigenvalue weighted by molar-refractivity contribution is 5.97. The fraction of sp³-hybridized carbons (Fsp3) is 0.280. The average Bonchev–Trinajstić information content (AvgIpc) is 3.13. The minimum Gasteiger partial charge on any atom is -0.464 e. The van der Waals surface area contributed by atoms with Crippen molar-refractivity contribution in [3.8, 4) is 0 Å². The van der Waals surface area contributed by atoms with Gasteiger partial charge >= 0.3 is 5.63 Å². The molecule has 0 aliphatic heterocycles. The van der Waals surface area contributed by atoms with Crippen LogP contribution in [0.4, 0.5) is 4.39 Å². The molecule has 6 heteroatoms. The quantitative estimate of drug-likeness (QED) is 0.463. The number of carbonyl (C=O) groups excluding carboxylic acids is 1. The Bertz CT molecular complexity index is 1340. The maximum absolute atomic E-state index is 13.0. The second-order valence-electron chi connectivity index (χ2n) is 8.82. The third-order valence-corrected chi connectivity index (χ3v) is 5.53. The zero-order chi connectivity index (χ0) is 22.3. The van der Waals surface area contributed by atoms with E-state index in [1.54, 1.807) is 24.5 Å². The normalized spacial score (nSPS) is 11.9. The fourth-order valence-electron chi connectivity index (χ4n) is 3.72. The summed E-state index contributed by atoms with van der Waals surface area (Å²) in [6, 6.07) is 9.58. The molecule has 2 heterocycles. The van der Waals surface area contributed by atoms with Gasteiger partial charge in [-0.3, -0.25) is 4.79 Å². The van der Waals surface area contributed by atoms with Gasteiger partial charge in [0.15, 0.2) is 0 Å². The molecule has 0 spiro atoms. The van der Waals surface area contributed by atoms with Gasteiger partial charge in [-0.15, -0.1) is 0 Å². The van der Waals surface area contributed by atoms with Crippen LogP contribution in [0.2, 0.25) is 0 Å². The molecule has 4 aromatic rings. The van der Waals surface area contributed by atoms with Gasteiger partial charge < -0.3 is 14.2 Å². The van der Waals surface area contributed by atoms with Crippen molar-refractivity contribution in [1.82, 2.24) is 5.32 Å². The van der Waals surface area contributed by atoms with Crippen LogP contribution in [-0.2, 0) is 23.2 Å². The Hall–Kier alpha value is -3.41. The number of nitrogens with one attached hydrogen (secondary N) is 1. The summed E-state index contributed by atoms with van der Waals surface area (Å²) < 4.78 is 24.2. The molecule has 31 heavy (non-hydrogen) atoms. The van der Waals surface area contributed by atoms with E-state index in [0.717, 1.165) is 21.9 Å². The first-order valence-corrected chi connectivity index (χ1v) is 10.1. The molecule has 0 fully saturated rings. The van der Waals surface area contributed by atoms with Crippen molar-refractivity contribution in [3.05, 3.63) is 81.2 Å². The summed E-state index contributed by atoms with van der Waals surface area (Å²) in [6.07, 6.45) is 1.64. The molecule has 1 N–H and O–H groups in total. The minimum atomic E-state index is -0.538. The molecular weight excluding hydrogens is 397 g/mol. The van der Waals surface area contributed by atoms with Crippen LogP contribution in [0, 0.1) is 12.7 Å². The summed E-state index contributed by atoms with van der Waals surface area (Å²) in [5, 5.41) is 4.51. The molecule has 0 bridgehead atoms. The number of carbonyl (C=O) groups is 1. The number of furan rings is 1. The van der Waals surface area contributed by atoms with E-state index < -0.39 is 5.63 Å². The molecule has 5 nitrogen and oxygen atoms in total. The van der Waals surface area contributed by atoms with Crippen molar-refractivity contribution < 1.29 is 18.0 Å². The van der Waals surface area contributed by atoms with E-state index >= 15 is 0 Å². The van der Waals surface area contributed by atoms with Crippen LogP contribution in [0.25, 0.3) is 21.9 Å². The topological polar surface area (TPSA) is 72.5 Å². The number of aryl methyl sites for hydroxylation is 1. The number of rotatable bonds is 4. The van der Waals surface area contributed by atoms with Crippen molar-refractivity contribution in [2.45, 2.75) is 46.1 Å². The Balaban J connectivity index is 1.65. The Kier molecular flexibility index (Phi) is 5.17. The molecule has 0 saturated heterocycles. The second kappa shape index (κ2) is 7.69. The van der Waals surface area contributed by atoms with Crippen LogP contribution < -0.4 is 10.9 Å². The summed E-state index contributed by atoms with van der Waals surface area (Å²) in [5.41, 5.74) is 3.32. The highest BCUT2D eigenvalue weighted by Gasteiger charge is 2.22. The summed E-state index contributed by atoms with van der Waals surface area (Å²) in [4.78, 5) is 25.1. The average molecular weight is 421 g/mol. The number of amides is 1. The lowest BCUT2D eigenvalue weighted by atomic mass is 9.86. The van der Waals surface area contributed by atoms with Gasteiger partial charge in [-0.25, -0.2) is 9.18 Å². The van der Waals surface area contributed by atoms with E-state index in [9.17, 15) is 14.0 Å². The SMILES string of the molecule is Cc1c(CC(=O)NCc2ccc(F)cc2)c(=O)oc2cc3occ(C(C)(C)C)c3cc12. The molecule has 0 aliphatic carbocycles. The Labute approximate surface area is 178 Å². The minimum absolute atomic E-state index is 0.0964. The lowest BCUT2D eigenvalue weighted by Gasteiger charge is -2.16. The monoisotopic (exact) mass is 421 g/mol. The van der Waals surface area contributed by atoms with Crippen molar-refractivity contribution in [3.63, 3.8) is 0 Å². The Morgan fingerprint density at radius 2 is 1.77 bits per heavy atom. The first-order valence-electron chi connectivity index (χ1n) is 10.1. The molecule has 1 amide bonds. The number of hydrogen-bond acceptors (Lipinski definition) is 4.